The molecule has 0 spiro atoms. The Bertz CT molecular complexity index is 350. The first-order valence-corrected chi connectivity index (χ1v) is 6.50. The van der Waals surface area contributed by atoms with Gasteiger partial charge in [0.05, 0.1) is 0 Å². The van der Waals surface area contributed by atoms with Gasteiger partial charge in [-0.1, -0.05) is 18.9 Å². The maximum atomic E-state index is 3.65. The van der Waals surface area contributed by atoms with Crippen LogP contribution in [0.2, 0.25) is 0 Å². The zero-order valence-electron chi connectivity index (χ0n) is 10.7. The number of nitrogens with one attached hydrogen (secondary N) is 1. The first kappa shape index (κ1) is 11.5. The summed E-state index contributed by atoms with van der Waals surface area (Å²) in [5, 5.41) is 3.65. The first-order chi connectivity index (χ1) is 7.66. The predicted octanol–water partition coefficient (Wildman–Crippen LogP) is 4.29. The Morgan fingerprint density at radius 2 is 1.81 bits per heavy atom. The fraction of sp³-hybridized carbons (Fsp3) is 0.600. The van der Waals surface area contributed by atoms with Crippen LogP contribution in [0.3, 0.4) is 0 Å². The monoisotopic (exact) mass is 217 g/mol. The molecular formula is C15H23N. The third-order valence-corrected chi connectivity index (χ3v) is 4.01. The van der Waals surface area contributed by atoms with Crippen LogP contribution in [0.15, 0.2) is 18.2 Å². The minimum atomic E-state index is 0.615. The minimum Gasteiger partial charge on any atom is -0.382 e. The van der Waals surface area contributed by atoms with Crippen LogP contribution in [0.4, 0.5) is 5.69 Å². The Labute approximate surface area is 99.3 Å². The van der Waals surface area contributed by atoms with Gasteiger partial charge in [0, 0.05) is 11.7 Å². The normalized spacial score (nSPS) is 18.7. The largest absolute Gasteiger partial charge is 0.382 e. The molecule has 0 radical (unpaired) electrons. The lowest BCUT2D eigenvalue weighted by Crippen LogP contribution is -2.23. The van der Waals surface area contributed by atoms with Gasteiger partial charge in [0.1, 0.15) is 0 Å². The molecular weight excluding hydrogens is 194 g/mol. The van der Waals surface area contributed by atoms with Crippen molar-refractivity contribution in [3.63, 3.8) is 0 Å². The van der Waals surface area contributed by atoms with E-state index in [0.717, 1.165) is 5.92 Å². The van der Waals surface area contributed by atoms with E-state index >= 15 is 0 Å². The second kappa shape index (κ2) is 4.90. The van der Waals surface area contributed by atoms with Crippen LogP contribution in [0.25, 0.3) is 0 Å². The lowest BCUT2D eigenvalue weighted by Gasteiger charge is -2.22. The number of benzene rings is 1. The van der Waals surface area contributed by atoms with Crippen molar-refractivity contribution in [1.82, 2.24) is 0 Å². The molecule has 0 aromatic heterocycles. The molecule has 1 nitrogen and oxygen atoms in total. The molecule has 16 heavy (non-hydrogen) atoms. The number of hydrogen-bond acceptors (Lipinski definition) is 1. The van der Waals surface area contributed by atoms with E-state index in [0.29, 0.717) is 6.04 Å². The van der Waals surface area contributed by atoms with Crippen LogP contribution in [0.5, 0.6) is 0 Å². The van der Waals surface area contributed by atoms with Crippen molar-refractivity contribution in [3.05, 3.63) is 29.3 Å². The maximum Gasteiger partial charge on any atom is 0.0345 e. The maximum absolute atomic E-state index is 3.65. The molecule has 1 saturated carbocycles. The molecule has 1 aromatic carbocycles. The molecule has 1 aliphatic carbocycles. The van der Waals surface area contributed by atoms with Crippen LogP contribution in [0, 0.1) is 19.8 Å². The van der Waals surface area contributed by atoms with Crippen molar-refractivity contribution in [1.29, 1.82) is 0 Å². The summed E-state index contributed by atoms with van der Waals surface area (Å²) in [6.45, 7) is 6.67. The van der Waals surface area contributed by atoms with Gasteiger partial charge in [0.25, 0.3) is 0 Å². The second-order valence-corrected chi connectivity index (χ2v) is 5.28. The van der Waals surface area contributed by atoms with Gasteiger partial charge in [-0.25, -0.2) is 0 Å². The molecule has 1 aliphatic rings. The first-order valence-electron chi connectivity index (χ1n) is 6.50. The van der Waals surface area contributed by atoms with Crippen molar-refractivity contribution in [2.24, 2.45) is 5.92 Å². The van der Waals surface area contributed by atoms with E-state index in [1.54, 1.807) is 0 Å². The Hall–Kier alpha value is -0.980. The molecule has 2 rings (SSSR count). The predicted molar refractivity (Wildman–Crippen MR) is 71.0 cm³/mol. The molecule has 1 unspecified atom stereocenters. The van der Waals surface area contributed by atoms with Crippen LogP contribution in [0.1, 0.15) is 43.7 Å². The molecule has 0 amide bonds. The summed E-state index contributed by atoms with van der Waals surface area (Å²) in [4.78, 5) is 0. The highest BCUT2D eigenvalue weighted by atomic mass is 14.9. The molecule has 1 fully saturated rings. The Balaban J connectivity index is 1.99. The molecule has 1 heteroatoms. The van der Waals surface area contributed by atoms with Crippen LogP contribution in [-0.2, 0) is 0 Å². The highest BCUT2D eigenvalue weighted by Crippen LogP contribution is 2.29. The van der Waals surface area contributed by atoms with Gasteiger partial charge in [-0.05, 0) is 62.8 Å². The Morgan fingerprint density at radius 3 is 2.44 bits per heavy atom. The molecule has 0 bridgehead atoms. The Kier molecular flexibility index (Phi) is 3.52. The van der Waals surface area contributed by atoms with Gasteiger partial charge in [0.15, 0.2) is 0 Å². The number of anilines is 1. The summed E-state index contributed by atoms with van der Waals surface area (Å²) in [6, 6.07) is 7.29. The third-order valence-electron chi connectivity index (χ3n) is 4.01. The van der Waals surface area contributed by atoms with Gasteiger partial charge >= 0.3 is 0 Å². The summed E-state index contributed by atoms with van der Waals surface area (Å²) in [7, 11) is 0. The summed E-state index contributed by atoms with van der Waals surface area (Å²) in [5.41, 5.74) is 4.03. The fourth-order valence-electron chi connectivity index (χ4n) is 2.67. The van der Waals surface area contributed by atoms with E-state index < -0.39 is 0 Å². The van der Waals surface area contributed by atoms with Crippen LogP contribution < -0.4 is 5.32 Å². The van der Waals surface area contributed by atoms with E-state index in [1.807, 2.05) is 0 Å². The highest BCUT2D eigenvalue weighted by molar-refractivity contribution is 5.48. The number of aryl methyl sites for hydroxylation is 2. The summed E-state index contributed by atoms with van der Waals surface area (Å²) in [6.07, 6.45) is 5.64. The van der Waals surface area contributed by atoms with Gasteiger partial charge in [0.2, 0.25) is 0 Å². The molecule has 88 valence electrons. The third kappa shape index (κ3) is 2.58. The van der Waals surface area contributed by atoms with Crippen molar-refractivity contribution >= 4 is 5.69 Å². The van der Waals surface area contributed by atoms with Crippen molar-refractivity contribution in [2.45, 2.75) is 52.5 Å². The lowest BCUT2D eigenvalue weighted by atomic mass is 9.99. The van der Waals surface area contributed by atoms with Gasteiger partial charge in [-0.3, -0.25) is 0 Å². The van der Waals surface area contributed by atoms with Gasteiger partial charge in [-0.2, -0.15) is 0 Å². The van der Waals surface area contributed by atoms with Gasteiger partial charge in [-0.15, -0.1) is 0 Å². The highest BCUT2D eigenvalue weighted by Gasteiger charge is 2.21. The second-order valence-electron chi connectivity index (χ2n) is 5.28. The van der Waals surface area contributed by atoms with Crippen molar-refractivity contribution in [2.75, 3.05) is 5.32 Å². The summed E-state index contributed by atoms with van der Waals surface area (Å²) in [5.74, 6) is 0.876. The number of hydrogen-bond donors (Lipinski definition) is 1. The molecule has 1 N–H and O–H groups in total. The molecule has 1 aromatic rings. The molecule has 1 atom stereocenters. The van der Waals surface area contributed by atoms with Crippen LogP contribution >= 0.6 is 0 Å². The van der Waals surface area contributed by atoms with Crippen LogP contribution in [-0.4, -0.2) is 6.04 Å². The van der Waals surface area contributed by atoms with Gasteiger partial charge < -0.3 is 5.32 Å². The molecule has 0 saturated heterocycles. The Morgan fingerprint density at radius 1 is 1.12 bits per heavy atom. The summed E-state index contributed by atoms with van der Waals surface area (Å²) < 4.78 is 0. The smallest absolute Gasteiger partial charge is 0.0345 e. The van der Waals surface area contributed by atoms with E-state index in [-0.39, 0.29) is 0 Å². The zero-order valence-corrected chi connectivity index (χ0v) is 10.7. The quantitative estimate of drug-likeness (QED) is 0.796. The topological polar surface area (TPSA) is 12.0 Å². The standard InChI is InChI=1S/C15H23N/c1-11-8-9-15(10-12(11)2)16-13(3)14-6-4-5-7-14/h8-10,13-14,16H,4-7H2,1-3H3. The summed E-state index contributed by atoms with van der Waals surface area (Å²) >= 11 is 0. The van der Waals surface area contributed by atoms with E-state index in [2.05, 4.69) is 44.3 Å². The minimum absolute atomic E-state index is 0.615. The fourth-order valence-corrected chi connectivity index (χ4v) is 2.67. The average Bonchev–Trinajstić information content (AvgIpc) is 2.77. The van der Waals surface area contributed by atoms with E-state index in [4.69, 9.17) is 0 Å². The SMILES string of the molecule is Cc1ccc(NC(C)C2CCCC2)cc1C. The zero-order chi connectivity index (χ0) is 11.5. The average molecular weight is 217 g/mol. The van der Waals surface area contributed by atoms with Crippen molar-refractivity contribution in [3.8, 4) is 0 Å². The van der Waals surface area contributed by atoms with Crippen molar-refractivity contribution < 1.29 is 0 Å². The number of rotatable bonds is 3. The van der Waals surface area contributed by atoms with E-state index in [9.17, 15) is 0 Å². The van der Waals surface area contributed by atoms with E-state index in [1.165, 1.54) is 42.5 Å². The lowest BCUT2D eigenvalue weighted by molar-refractivity contribution is 0.482. The molecule has 0 heterocycles. The molecule has 0 aliphatic heterocycles.